The summed E-state index contributed by atoms with van der Waals surface area (Å²) in [6.45, 7) is 1.52. The van der Waals surface area contributed by atoms with Crippen molar-refractivity contribution in [3.05, 3.63) is 39.8 Å². The fourth-order valence-corrected chi connectivity index (χ4v) is 2.67. The molecule has 0 amide bonds. The van der Waals surface area contributed by atoms with Crippen LogP contribution in [0.4, 0.5) is 0 Å². The molecular formula is C13H17N3O2S. The van der Waals surface area contributed by atoms with Gasteiger partial charge in [-0.1, -0.05) is 0 Å². The van der Waals surface area contributed by atoms with Gasteiger partial charge in [0.15, 0.2) is 0 Å². The molecule has 2 aromatic rings. The number of carbonyl (C=O) groups excluding carboxylic acids is 1. The van der Waals surface area contributed by atoms with Crippen molar-refractivity contribution in [2.24, 2.45) is 7.05 Å². The van der Waals surface area contributed by atoms with E-state index < -0.39 is 0 Å². The van der Waals surface area contributed by atoms with Gasteiger partial charge in [-0.05, 0) is 18.2 Å². The number of hydrogen-bond donors (Lipinski definition) is 1. The number of ether oxygens (including phenoxy) is 1. The van der Waals surface area contributed by atoms with E-state index in [9.17, 15) is 4.79 Å². The molecule has 2 aromatic heterocycles. The van der Waals surface area contributed by atoms with Crippen LogP contribution >= 0.6 is 11.3 Å². The molecule has 2 heterocycles. The Hall–Kier alpha value is -1.66. The van der Waals surface area contributed by atoms with Crippen molar-refractivity contribution in [3.8, 4) is 0 Å². The maximum Gasteiger partial charge on any atom is 0.310 e. The zero-order chi connectivity index (χ0) is 13.7. The lowest BCUT2D eigenvalue weighted by Gasteiger charge is -2.00. The molecule has 0 unspecified atom stereocenters. The zero-order valence-corrected chi connectivity index (χ0v) is 11.9. The molecule has 0 aliphatic rings. The van der Waals surface area contributed by atoms with Crippen molar-refractivity contribution in [2.45, 2.75) is 19.5 Å². The molecule has 0 saturated heterocycles. The Kier molecular flexibility index (Phi) is 4.70. The lowest BCUT2D eigenvalue weighted by atomic mass is 10.3. The fraction of sp³-hybridized carbons (Fsp3) is 0.385. The third-order valence-corrected chi connectivity index (χ3v) is 3.72. The minimum Gasteiger partial charge on any atom is -0.469 e. The normalized spacial score (nSPS) is 10.6. The number of carbonyl (C=O) groups is 1. The van der Waals surface area contributed by atoms with Gasteiger partial charge < -0.3 is 10.1 Å². The van der Waals surface area contributed by atoms with Crippen LogP contribution < -0.4 is 5.32 Å². The number of hydrogen-bond acceptors (Lipinski definition) is 5. The predicted octanol–water partition coefficient (Wildman–Crippen LogP) is 1.49. The van der Waals surface area contributed by atoms with E-state index in [-0.39, 0.29) is 5.97 Å². The molecule has 1 N–H and O–H groups in total. The van der Waals surface area contributed by atoms with Gasteiger partial charge in [0.05, 0.1) is 19.2 Å². The van der Waals surface area contributed by atoms with Crippen LogP contribution in [0.5, 0.6) is 0 Å². The Morgan fingerprint density at radius 2 is 2.16 bits per heavy atom. The first kappa shape index (κ1) is 13.8. The van der Waals surface area contributed by atoms with E-state index in [0.717, 1.165) is 23.7 Å². The van der Waals surface area contributed by atoms with Crippen molar-refractivity contribution < 1.29 is 9.53 Å². The maximum atomic E-state index is 11.2. The summed E-state index contributed by atoms with van der Waals surface area (Å²) in [4.78, 5) is 13.4. The smallest absolute Gasteiger partial charge is 0.310 e. The Morgan fingerprint density at radius 1 is 1.37 bits per heavy atom. The Labute approximate surface area is 116 Å². The molecule has 6 heteroatoms. The molecule has 0 spiro atoms. The molecule has 0 bridgehead atoms. The summed E-state index contributed by atoms with van der Waals surface area (Å²) in [6, 6.07) is 6.00. The largest absolute Gasteiger partial charge is 0.469 e. The van der Waals surface area contributed by atoms with Gasteiger partial charge in [-0.3, -0.25) is 9.48 Å². The van der Waals surface area contributed by atoms with Crippen LogP contribution in [-0.4, -0.2) is 22.9 Å². The molecule has 5 nitrogen and oxygen atoms in total. The highest BCUT2D eigenvalue weighted by molar-refractivity contribution is 7.12. The number of methoxy groups -OCH3 is 1. The van der Waals surface area contributed by atoms with Gasteiger partial charge in [0, 0.05) is 36.1 Å². The number of nitrogens with one attached hydrogen (secondary N) is 1. The number of nitrogens with zero attached hydrogens (tertiary/aromatic N) is 2. The molecule has 0 fully saturated rings. The first-order valence-corrected chi connectivity index (χ1v) is 6.82. The molecule has 19 heavy (non-hydrogen) atoms. The molecule has 2 rings (SSSR count). The van der Waals surface area contributed by atoms with Gasteiger partial charge >= 0.3 is 5.97 Å². The van der Waals surface area contributed by atoms with E-state index in [4.69, 9.17) is 0 Å². The van der Waals surface area contributed by atoms with E-state index >= 15 is 0 Å². The number of thiophene rings is 1. The highest BCUT2D eigenvalue weighted by atomic mass is 32.1. The fourth-order valence-electron chi connectivity index (χ4n) is 1.70. The Balaban J connectivity index is 1.78. The second-order valence-electron chi connectivity index (χ2n) is 4.21. The van der Waals surface area contributed by atoms with Gasteiger partial charge in [-0.2, -0.15) is 5.10 Å². The highest BCUT2D eigenvalue weighted by Gasteiger charge is 2.06. The van der Waals surface area contributed by atoms with Gasteiger partial charge in [0.2, 0.25) is 0 Å². The lowest BCUT2D eigenvalue weighted by molar-refractivity contribution is -0.139. The molecule has 0 atom stereocenters. The van der Waals surface area contributed by atoms with Crippen LogP contribution in [0, 0.1) is 0 Å². The van der Waals surface area contributed by atoms with Crippen LogP contribution in [0.1, 0.15) is 15.4 Å². The van der Waals surface area contributed by atoms with Gasteiger partial charge in [0.1, 0.15) is 0 Å². The predicted molar refractivity (Wildman–Crippen MR) is 73.8 cm³/mol. The maximum absolute atomic E-state index is 11.2. The van der Waals surface area contributed by atoms with Crippen molar-refractivity contribution in [1.82, 2.24) is 15.1 Å². The third-order valence-electron chi connectivity index (χ3n) is 2.64. The molecule has 0 saturated carbocycles. The first-order chi connectivity index (χ1) is 9.17. The minimum absolute atomic E-state index is 0.199. The van der Waals surface area contributed by atoms with E-state index in [1.807, 2.05) is 31.4 Å². The monoisotopic (exact) mass is 279 g/mol. The summed E-state index contributed by atoms with van der Waals surface area (Å²) in [5, 5.41) is 7.62. The standard InChI is InChI=1S/C13H17N3O2S/c1-16-6-5-10(15-16)8-14-9-12-4-3-11(19-12)7-13(17)18-2/h3-6,14H,7-9H2,1-2H3. The SMILES string of the molecule is COC(=O)Cc1ccc(CNCc2ccn(C)n2)s1. The van der Waals surface area contributed by atoms with Gasteiger partial charge in [0.25, 0.3) is 0 Å². The number of aromatic nitrogens is 2. The van der Waals surface area contributed by atoms with Crippen LogP contribution in [0.2, 0.25) is 0 Å². The van der Waals surface area contributed by atoms with Gasteiger partial charge in [-0.25, -0.2) is 0 Å². The summed E-state index contributed by atoms with van der Waals surface area (Å²) in [5.74, 6) is -0.199. The molecule has 102 valence electrons. The molecular weight excluding hydrogens is 262 g/mol. The van der Waals surface area contributed by atoms with E-state index in [0.29, 0.717) is 6.42 Å². The van der Waals surface area contributed by atoms with E-state index in [1.54, 1.807) is 16.0 Å². The average Bonchev–Trinajstić information content (AvgIpc) is 2.99. The molecule has 0 radical (unpaired) electrons. The number of aryl methyl sites for hydroxylation is 1. The van der Waals surface area contributed by atoms with Crippen LogP contribution in [0.25, 0.3) is 0 Å². The summed E-state index contributed by atoms with van der Waals surface area (Å²) < 4.78 is 6.43. The Bertz CT molecular complexity index is 548. The summed E-state index contributed by atoms with van der Waals surface area (Å²) >= 11 is 1.63. The quantitative estimate of drug-likeness (QED) is 0.814. The van der Waals surface area contributed by atoms with Crippen molar-refractivity contribution in [3.63, 3.8) is 0 Å². The Morgan fingerprint density at radius 3 is 2.84 bits per heavy atom. The average molecular weight is 279 g/mol. The van der Waals surface area contributed by atoms with Crippen LogP contribution in [-0.2, 0) is 36.1 Å². The van der Waals surface area contributed by atoms with E-state index in [2.05, 4.69) is 15.2 Å². The minimum atomic E-state index is -0.199. The van der Waals surface area contributed by atoms with Crippen LogP contribution in [0.3, 0.4) is 0 Å². The number of esters is 1. The third kappa shape index (κ3) is 4.18. The van der Waals surface area contributed by atoms with Crippen LogP contribution in [0.15, 0.2) is 24.4 Å². The topological polar surface area (TPSA) is 56.1 Å². The van der Waals surface area contributed by atoms with Gasteiger partial charge in [-0.15, -0.1) is 11.3 Å². The summed E-state index contributed by atoms with van der Waals surface area (Å²) in [7, 11) is 3.31. The van der Waals surface area contributed by atoms with E-state index in [1.165, 1.54) is 12.0 Å². The lowest BCUT2D eigenvalue weighted by Crippen LogP contribution is -2.12. The summed E-state index contributed by atoms with van der Waals surface area (Å²) in [5.41, 5.74) is 1.02. The number of rotatable bonds is 6. The second-order valence-corrected chi connectivity index (χ2v) is 5.46. The van der Waals surface area contributed by atoms with Crippen molar-refractivity contribution in [2.75, 3.05) is 7.11 Å². The second kappa shape index (κ2) is 6.49. The van der Waals surface area contributed by atoms with Crippen molar-refractivity contribution >= 4 is 17.3 Å². The summed E-state index contributed by atoms with van der Waals surface area (Å²) in [6.07, 6.45) is 2.28. The first-order valence-electron chi connectivity index (χ1n) is 6.01. The molecule has 0 aromatic carbocycles. The highest BCUT2D eigenvalue weighted by Crippen LogP contribution is 2.17. The zero-order valence-electron chi connectivity index (χ0n) is 11.0. The molecule has 0 aliphatic carbocycles. The van der Waals surface area contributed by atoms with Crippen molar-refractivity contribution in [1.29, 1.82) is 0 Å². The molecule has 0 aliphatic heterocycles.